The Bertz CT molecular complexity index is 1420. The van der Waals surface area contributed by atoms with Crippen LogP contribution in [0.4, 0.5) is 5.69 Å². The number of anilines is 1. The number of aromatic nitrogens is 1. The molecule has 3 aromatic carbocycles. The molecule has 1 heterocycles. The van der Waals surface area contributed by atoms with Crippen molar-refractivity contribution < 1.29 is 14.3 Å². The molecule has 0 radical (unpaired) electrons. The van der Waals surface area contributed by atoms with Gasteiger partial charge < -0.3 is 15.0 Å². The van der Waals surface area contributed by atoms with E-state index in [2.05, 4.69) is 10.3 Å². The first kappa shape index (κ1) is 22.1. The van der Waals surface area contributed by atoms with E-state index < -0.39 is 5.60 Å². The Morgan fingerprint density at radius 1 is 1.06 bits per heavy atom. The quantitative estimate of drug-likeness (QED) is 0.338. The molecule has 4 aromatic rings. The van der Waals surface area contributed by atoms with Crippen molar-refractivity contribution in [1.82, 2.24) is 4.98 Å². The van der Waals surface area contributed by atoms with Gasteiger partial charge in [0.05, 0.1) is 5.69 Å². The molecular weight excluding hydrogens is 448 g/mol. The van der Waals surface area contributed by atoms with Gasteiger partial charge in [0.2, 0.25) is 5.78 Å². The largest absolute Gasteiger partial charge is 0.361 e. The maximum Gasteiger partial charge on any atom is 0.261 e. The first-order chi connectivity index (χ1) is 16.5. The number of hydrogen-bond acceptors (Lipinski definition) is 3. The van der Waals surface area contributed by atoms with Gasteiger partial charge in [-0.15, -0.1) is 0 Å². The number of benzene rings is 3. The molecule has 1 amide bonds. The van der Waals surface area contributed by atoms with Gasteiger partial charge in [0.25, 0.3) is 5.91 Å². The average molecular weight is 471 g/mol. The van der Waals surface area contributed by atoms with E-state index in [-0.39, 0.29) is 11.7 Å². The van der Waals surface area contributed by atoms with E-state index >= 15 is 0 Å². The van der Waals surface area contributed by atoms with Crippen molar-refractivity contribution in [3.05, 3.63) is 106 Å². The summed E-state index contributed by atoms with van der Waals surface area (Å²) in [7, 11) is 0. The Morgan fingerprint density at radius 2 is 1.82 bits per heavy atom. The van der Waals surface area contributed by atoms with Crippen LogP contribution in [0.2, 0.25) is 5.02 Å². The molecule has 0 spiro atoms. The van der Waals surface area contributed by atoms with Gasteiger partial charge in [-0.3, -0.25) is 9.59 Å². The number of carbonyl (C=O) groups is 2. The Morgan fingerprint density at radius 3 is 2.62 bits per heavy atom. The molecule has 1 aliphatic carbocycles. The van der Waals surface area contributed by atoms with Gasteiger partial charge >= 0.3 is 0 Å². The molecule has 1 unspecified atom stereocenters. The SMILES string of the molecule is CCOC1(C(=O)Nc2c(C(=O)c3ccccc3)[nH]c3cc(Cl)ccc23)C=Cc2ccccc2C1. The van der Waals surface area contributed by atoms with Crippen LogP contribution in [0.5, 0.6) is 0 Å². The van der Waals surface area contributed by atoms with Crippen LogP contribution < -0.4 is 5.32 Å². The van der Waals surface area contributed by atoms with E-state index in [4.69, 9.17) is 16.3 Å². The number of nitrogens with one attached hydrogen (secondary N) is 2. The molecule has 170 valence electrons. The number of aromatic amines is 1. The minimum absolute atomic E-state index is 0.224. The third-order valence-electron chi connectivity index (χ3n) is 6.09. The Labute approximate surface area is 202 Å². The maximum atomic E-state index is 13.8. The predicted octanol–water partition coefficient (Wildman–Crippen LogP) is 6.04. The minimum atomic E-state index is -1.19. The minimum Gasteiger partial charge on any atom is -0.361 e. The zero-order valence-electron chi connectivity index (χ0n) is 18.6. The lowest BCUT2D eigenvalue weighted by Crippen LogP contribution is -2.47. The molecule has 0 saturated heterocycles. The molecule has 0 saturated carbocycles. The highest BCUT2D eigenvalue weighted by Crippen LogP contribution is 2.35. The number of ketones is 1. The van der Waals surface area contributed by atoms with Crippen LogP contribution >= 0.6 is 11.6 Å². The number of H-pyrrole nitrogens is 1. The van der Waals surface area contributed by atoms with E-state index in [1.54, 1.807) is 48.5 Å². The summed E-state index contributed by atoms with van der Waals surface area (Å²) >= 11 is 6.19. The summed E-state index contributed by atoms with van der Waals surface area (Å²) < 4.78 is 6.04. The van der Waals surface area contributed by atoms with E-state index in [1.807, 2.05) is 43.3 Å². The van der Waals surface area contributed by atoms with Crippen molar-refractivity contribution in [2.75, 3.05) is 11.9 Å². The van der Waals surface area contributed by atoms with Gasteiger partial charge in [0.1, 0.15) is 5.69 Å². The van der Waals surface area contributed by atoms with Gasteiger partial charge in [0.15, 0.2) is 5.60 Å². The first-order valence-electron chi connectivity index (χ1n) is 11.1. The summed E-state index contributed by atoms with van der Waals surface area (Å²) in [6, 6.07) is 22.2. The summed E-state index contributed by atoms with van der Waals surface area (Å²) in [5.41, 5.74) is 2.79. The normalized spacial score (nSPS) is 16.9. The molecule has 1 aromatic heterocycles. The van der Waals surface area contributed by atoms with Crippen LogP contribution in [0, 0.1) is 0 Å². The third-order valence-corrected chi connectivity index (χ3v) is 6.32. The number of ether oxygens (including phenoxy) is 1. The number of halogens is 1. The highest BCUT2D eigenvalue weighted by atomic mass is 35.5. The summed E-state index contributed by atoms with van der Waals surface area (Å²) in [5.74, 6) is -0.559. The Kier molecular flexibility index (Phi) is 5.82. The monoisotopic (exact) mass is 470 g/mol. The van der Waals surface area contributed by atoms with E-state index in [0.717, 1.165) is 11.1 Å². The molecular formula is C28H23ClN2O3. The van der Waals surface area contributed by atoms with Crippen LogP contribution in [0.15, 0.2) is 78.9 Å². The van der Waals surface area contributed by atoms with E-state index in [1.165, 1.54) is 0 Å². The van der Waals surface area contributed by atoms with Gasteiger partial charge in [0, 0.05) is 34.5 Å². The standard InChI is InChI=1S/C28H23ClN2O3/c1-2-34-28(15-14-18-8-6-7-11-20(18)17-28)27(33)31-24-22-13-12-21(29)16-23(22)30-25(24)26(32)19-9-4-3-5-10-19/h3-16,30H,2,17H2,1H3,(H,31,33). The number of hydrogen-bond donors (Lipinski definition) is 2. The van der Waals surface area contributed by atoms with Gasteiger partial charge in [-0.1, -0.05) is 72.3 Å². The molecule has 5 rings (SSSR count). The van der Waals surface area contributed by atoms with Gasteiger partial charge in [-0.05, 0) is 42.3 Å². The fourth-order valence-electron chi connectivity index (χ4n) is 4.43. The Hall–Kier alpha value is -3.67. The second-order valence-corrected chi connectivity index (χ2v) is 8.68. The lowest BCUT2D eigenvalue weighted by atomic mass is 9.85. The molecule has 0 aliphatic heterocycles. The number of amides is 1. The molecule has 1 aliphatic rings. The van der Waals surface area contributed by atoms with Crippen LogP contribution in [0.1, 0.15) is 34.1 Å². The topological polar surface area (TPSA) is 71.2 Å². The lowest BCUT2D eigenvalue weighted by Gasteiger charge is -2.32. The zero-order valence-corrected chi connectivity index (χ0v) is 19.4. The van der Waals surface area contributed by atoms with Crippen LogP contribution in [0.25, 0.3) is 17.0 Å². The van der Waals surface area contributed by atoms with E-state index in [0.29, 0.717) is 45.9 Å². The van der Waals surface area contributed by atoms with Crippen LogP contribution in [-0.4, -0.2) is 28.9 Å². The summed E-state index contributed by atoms with van der Waals surface area (Å²) in [5, 5.41) is 4.25. The molecule has 0 bridgehead atoms. The van der Waals surface area contributed by atoms with Crippen molar-refractivity contribution in [2.45, 2.75) is 18.9 Å². The summed E-state index contributed by atoms with van der Waals surface area (Å²) in [6.45, 7) is 2.22. The highest BCUT2D eigenvalue weighted by molar-refractivity contribution is 6.31. The summed E-state index contributed by atoms with van der Waals surface area (Å²) in [6.07, 6.45) is 4.12. The number of fused-ring (bicyclic) bond motifs is 2. The highest BCUT2D eigenvalue weighted by Gasteiger charge is 2.40. The Balaban J connectivity index is 1.57. The van der Waals surface area contributed by atoms with Crippen LogP contribution in [-0.2, 0) is 16.0 Å². The second-order valence-electron chi connectivity index (χ2n) is 8.25. The van der Waals surface area contributed by atoms with Crippen molar-refractivity contribution in [3.63, 3.8) is 0 Å². The molecule has 6 heteroatoms. The first-order valence-corrected chi connectivity index (χ1v) is 11.5. The van der Waals surface area contributed by atoms with Crippen LogP contribution in [0.3, 0.4) is 0 Å². The number of carbonyl (C=O) groups excluding carboxylic acids is 2. The van der Waals surface area contributed by atoms with Gasteiger partial charge in [-0.2, -0.15) is 0 Å². The molecule has 34 heavy (non-hydrogen) atoms. The van der Waals surface area contributed by atoms with Crippen molar-refractivity contribution in [2.24, 2.45) is 0 Å². The smallest absolute Gasteiger partial charge is 0.261 e. The summed E-state index contributed by atoms with van der Waals surface area (Å²) in [4.78, 5) is 30.3. The van der Waals surface area contributed by atoms with Crippen molar-refractivity contribution in [1.29, 1.82) is 0 Å². The fourth-order valence-corrected chi connectivity index (χ4v) is 4.60. The van der Waals surface area contributed by atoms with Crippen molar-refractivity contribution >= 4 is 46.0 Å². The zero-order chi connectivity index (χ0) is 23.7. The van der Waals surface area contributed by atoms with E-state index in [9.17, 15) is 9.59 Å². The number of rotatable bonds is 6. The van der Waals surface area contributed by atoms with Gasteiger partial charge in [-0.25, -0.2) is 0 Å². The fraction of sp³-hybridized carbons (Fsp3) is 0.143. The average Bonchev–Trinajstić information content (AvgIpc) is 3.21. The maximum absolute atomic E-state index is 13.8. The molecule has 5 nitrogen and oxygen atoms in total. The predicted molar refractivity (Wildman–Crippen MR) is 135 cm³/mol. The van der Waals surface area contributed by atoms with Crippen molar-refractivity contribution in [3.8, 4) is 0 Å². The third kappa shape index (κ3) is 3.94. The molecule has 0 fully saturated rings. The molecule has 1 atom stereocenters. The second kappa shape index (κ2) is 8.93. The molecule has 2 N–H and O–H groups in total. The lowest BCUT2D eigenvalue weighted by molar-refractivity contribution is -0.134.